The summed E-state index contributed by atoms with van der Waals surface area (Å²) in [5.41, 5.74) is 1.17. The van der Waals surface area contributed by atoms with Gasteiger partial charge < -0.3 is 18.8 Å². The molecule has 1 aromatic heterocycles. The molecule has 0 saturated carbocycles. The molecule has 0 spiro atoms. The molecule has 0 bridgehead atoms. The second kappa shape index (κ2) is 7.24. The van der Waals surface area contributed by atoms with Gasteiger partial charge in [0.15, 0.2) is 4.77 Å². The van der Waals surface area contributed by atoms with E-state index in [-0.39, 0.29) is 5.56 Å². The molecule has 6 nitrogen and oxygen atoms in total. The lowest BCUT2D eigenvalue weighted by Crippen LogP contribution is -2.17. The monoisotopic (exact) mass is 322 g/mol. The molecule has 0 radical (unpaired) electrons. The normalized spacial score (nSPS) is 10.5. The minimum absolute atomic E-state index is 0.258. The molecule has 1 N–H and O–H groups in total. The van der Waals surface area contributed by atoms with E-state index in [1.807, 2.05) is 16.7 Å². The summed E-state index contributed by atoms with van der Waals surface area (Å²) in [6.45, 7) is 1.00. The summed E-state index contributed by atoms with van der Waals surface area (Å²) in [7, 11) is 4.77. The van der Waals surface area contributed by atoms with E-state index in [1.165, 1.54) is 6.07 Å². The Kier molecular flexibility index (Phi) is 5.35. The standard InChI is InChI=1S/C15H18N2O4S/c1-19-7-6-17-12(9-14(18)16-15(17)22)11-5-4-10(20-2)8-13(11)21-3/h4-5,8-9H,6-7H2,1-3H3,(H,16,18,22). The van der Waals surface area contributed by atoms with E-state index in [0.29, 0.717) is 35.1 Å². The van der Waals surface area contributed by atoms with Crippen LogP contribution in [-0.2, 0) is 11.3 Å². The average Bonchev–Trinajstić information content (AvgIpc) is 2.52. The Morgan fingerprint density at radius 2 is 1.95 bits per heavy atom. The van der Waals surface area contributed by atoms with Crippen LogP contribution in [0.5, 0.6) is 11.5 Å². The Balaban J connectivity index is 2.65. The van der Waals surface area contributed by atoms with Crippen LogP contribution < -0.4 is 15.0 Å². The van der Waals surface area contributed by atoms with E-state index in [4.69, 9.17) is 26.4 Å². The van der Waals surface area contributed by atoms with Gasteiger partial charge in [0.2, 0.25) is 0 Å². The van der Waals surface area contributed by atoms with Crippen LogP contribution in [0.4, 0.5) is 0 Å². The van der Waals surface area contributed by atoms with Gasteiger partial charge in [-0.1, -0.05) is 0 Å². The van der Waals surface area contributed by atoms with Gasteiger partial charge >= 0.3 is 0 Å². The van der Waals surface area contributed by atoms with Crippen molar-refractivity contribution in [3.05, 3.63) is 39.4 Å². The summed E-state index contributed by atoms with van der Waals surface area (Å²) in [6.07, 6.45) is 0. The Morgan fingerprint density at radius 3 is 2.59 bits per heavy atom. The van der Waals surface area contributed by atoms with Gasteiger partial charge in [-0.3, -0.25) is 9.78 Å². The fourth-order valence-electron chi connectivity index (χ4n) is 2.16. The highest BCUT2D eigenvalue weighted by atomic mass is 32.1. The van der Waals surface area contributed by atoms with Gasteiger partial charge in [0.05, 0.1) is 26.5 Å². The Morgan fingerprint density at radius 1 is 1.18 bits per heavy atom. The zero-order valence-corrected chi connectivity index (χ0v) is 13.5. The van der Waals surface area contributed by atoms with Crippen LogP contribution in [-0.4, -0.2) is 37.5 Å². The van der Waals surface area contributed by atoms with Gasteiger partial charge in [0.25, 0.3) is 5.56 Å². The summed E-state index contributed by atoms with van der Waals surface area (Å²) in [6, 6.07) is 6.91. The highest BCUT2D eigenvalue weighted by molar-refractivity contribution is 7.71. The van der Waals surface area contributed by atoms with Crippen molar-refractivity contribution in [3.63, 3.8) is 0 Å². The van der Waals surface area contributed by atoms with E-state index in [9.17, 15) is 4.79 Å². The summed E-state index contributed by atoms with van der Waals surface area (Å²) in [5, 5.41) is 0. The molecule has 1 aromatic carbocycles. The van der Waals surface area contributed by atoms with Crippen molar-refractivity contribution in [1.29, 1.82) is 0 Å². The number of rotatable bonds is 6. The third-order valence-electron chi connectivity index (χ3n) is 3.24. The molecular formula is C15H18N2O4S. The fourth-order valence-corrected chi connectivity index (χ4v) is 2.45. The zero-order chi connectivity index (χ0) is 16.1. The first kappa shape index (κ1) is 16.3. The van der Waals surface area contributed by atoms with Crippen LogP contribution in [0.2, 0.25) is 0 Å². The highest BCUT2D eigenvalue weighted by Crippen LogP contribution is 2.32. The van der Waals surface area contributed by atoms with Crippen LogP contribution in [0.25, 0.3) is 11.3 Å². The number of H-pyrrole nitrogens is 1. The Labute approximate surface area is 133 Å². The number of nitrogens with zero attached hydrogens (tertiary/aromatic N) is 1. The van der Waals surface area contributed by atoms with Crippen LogP contribution >= 0.6 is 12.2 Å². The quantitative estimate of drug-likeness (QED) is 0.826. The first-order valence-corrected chi connectivity index (χ1v) is 7.07. The molecular weight excluding hydrogens is 304 g/mol. The van der Waals surface area contributed by atoms with Gasteiger partial charge in [0, 0.05) is 31.4 Å². The maximum absolute atomic E-state index is 11.8. The predicted molar refractivity (Wildman–Crippen MR) is 86.3 cm³/mol. The van der Waals surface area contributed by atoms with Gasteiger partial charge in [0.1, 0.15) is 11.5 Å². The van der Waals surface area contributed by atoms with Crippen molar-refractivity contribution in [2.45, 2.75) is 6.54 Å². The number of aromatic nitrogens is 2. The molecule has 22 heavy (non-hydrogen) atoms. The van der Waals surface area contributed by atoms with Crippen LogP contribution in [0.1, 0.15) is 0 Å². The fraction of sp³-hybridized carbons (Fsp3) is 0.333. The highest BCUT2D eigenvalue weighted by Gasteiger charge is 2.13. The van der Waals surface area contributed by atoms with Crippen LogP contribution in [0.3, 0.4) is 0 Å². The first-order valence-electron chi connectivity index (χ1n) is 6.66. The van der Waals surface area contributed by atoms with Crippen molar-refractivity contribution in [2.75, 3.05) is 27.9 Å². The zero-order valence-electron chi connectivity index (χ0n) is 12.7. The number of nitrogens with one attached hydrogen (secondary N) is 1. The number of benzene rings is 1. The largest absolute Gasteiger partial charge is 0.497 e. The van der Waals surface area contributed by atoms with Gasteiger partial charge in [-0.2, -0.15) is 0 Å². The molecule has 7 heteroatoms. The molecule has 0 amide bonds. The van der Waals surface area contributed by atoms with Crippen molar-refractivity contribution in [2.24, 2.45) is 0 Å². The molecule has 0 atom stereocenters. The summed E-state index contributed by atoms with van der Waals surface area (Å²) in [4.78, 5) is 14.4. The predicted octanol–water partition coefficient (Wildman–Crippen LogP) is 2.24. The maximum atomic E-state index is 11.8. The van der Waals surface area contributed by atoms with E-state index in [2.05, 4.69) is 4.98 Å². The van der Waals surface area contributed by atoms with E-state index in [0.717, 1.165) is 5.56 Å². The lowest BCUT2D eigenvalue weighted by molar-refractivity contribution is 0.186. The molecule has 2 aromatic rings. The lowest BCUT2D eigenvalue weighted by Gasteiger charge is -2.16. The van der Waals surface area contributed by atoms with Crippen molar-refractivity contribution >= 4 is 12.2 Å². The Hall–Kier alpha value is -2.12. The molecule has 1 heterocycles. The van der Waals surface area contributed by atoms with Gasteiger partial charge in [-0.15, -0.1) is 0 Å². The Bertz CT molecular complexity index is 767. The molecule has 0 fully saturated rings. The third kappa shape index (κ3) is 3.37. The molecule has 0 saturated heterocycles. The maximum Gasteiger partial charge on any atom is 0.252 e. The molecule has 118 valence electrons. The third-order valence-corrected chi connectivity index (χ3v) is 3.56. The SMILES string of the molecule is COCCn1c(-c2ccc(OC)cc2OC)cc(=O)[nH]c1=S. The second-order valence-corrected chi connectivity index (χ2v) is 4.92. The lowest BCUT2D eigenvalue weighted by atomic mass is 10.1. The molecule has 2 rings (SSSR count). The number of methoxy groups -OCH3 is 3. The average molecular weight is 322 g/mol. The molecule has 0 unspecified atom stereocenters. The van der Waals surface area contributed by atoms with Crippen molar-refractivity contribution < 1.29 is 14.2 Å². The smallest absolute Gasteiger partial charge is 0.252 e. The van der Waals surface area contributed by atoms with Crippen molar-refractivity contribution in [1.82, 2.24) is 9.55 Å². The summed E-state index contributed by atoms with van der Waals surface area (Å²) >= 11 is 5.25. The number of hydrogen-bond acceptors (Lipinski definition) is 5. The van der Waals surface area contributed by atoms with E-state index in [1.54, 1.807) is 27.4 Å². The van der Waals surface area contributed by atoms with Crippen molar-refractivity contribution in [3.8, 4) is 22.8 Å². The number of ether oxygens (including phenoxy) is 3. The number of aromatic amines is 1. The summed E-state index contributed by atoms with van der Waals surface area (Å²) in [5.74, 6) is 1.28. The molecule has 0 aliphatic rings. The van der Waals surface area contributed by atoms with E-state index >= 15 is 0 Å². The summed E-state index contributed by atoms with van der Waals surface area (Å²) < 4.78 is 17.9. The minimum Gasteiger partial charge on any atom is -0.497 e. The van der Waals surface area contributed by atoms with Crippen LogP contribution in [0.15, 0.2) is 29.1 Å². The van der Waals surface area contributed by atoms with Gasteiger partial charge in [-0.05, 0) is 24.4 Å². The minimum atomic E-state index is -0.258. The molecule has 0 aliphatic heterocycles. The van der Waals surface area contributed by atoms with E-state index < -0.39 is 0 Å². The molecule has 0 aliphatic carbocycles. The first-order chi connectivity index (χ1) is 10.6. The van der Waals surface area contributed by atoms with Crippen LogP contribution in [0, 0.1) is 4.77 Å². The van der Waals surface area contributed by atoms with Gasteiger partial charge in [-0.25, -0.2) is 0 Å². The second-order valence-electron chi connectivity index (χ2n) is 4.53. The topological polar surface area (TPSA) is 65.5 Å². The number of hydrogen-bond donors (Lipinski definition) is 1.